The Morgan fingerprint density at radius 1 is 1.33 bits per heavy atom. The van der Waals surface area contributed by atoms with Gasteiger partial charge < -0.3 is 4.74 Å². The molecular weight excluding hydrogens is 225 g/mol. The first-order valence-corrected chi connectivity index (χ1v) is 5.61. The SMILES string of the molecule is CCc1cc(OC(F)(F)F)ccc1SC. The Morgan fingerprint density at radius 2 is 2.00 bits per heavy atom. The Balaban J connectivity index is 2.93. The Hall–Kier alpha value is -0.840. The van der Waals surface area contributed by atoms with Crippen LogP contribution in [0, 0.1) is 0 Å². The van der Waals surface area contributed by atoms with Crippen LogP contribution < -0.4 is 4.74 Å². The minimum Gasteiger partial charge on any atom is -0.406 e. The van der Waals surface area contributed by atoms with E-state index in [0.717, 1.165) is 10.5 Å². The zero-order valence-electron chi connectivity index (χ0n) is 8.39. The van der Waals surface area contributed by atoms with Crippen molar-refractivity contribution in [1.82, 2.24) is 0 Å². The maximum Gasteiger partial charge on any atom is 0.573 e. The third-order valence-electron chi connectivity index (χ3n) is 1.87. The first-order valence-electron chi connectivity index (χ1n) is 4.39. The highest BCUT2D eigenvalue weighted by Gasteiger charge is 2.31. The predicted molar refractivity (Wildman–Crippen MR) is 54.3 cm³/mol. The predicted octanol–water partition coefficient (Wildman–Crippen LogP) is 3.87. The van der Waals surface area contributed by atoms with Gasteiger partial charge in [-0.15, -0.1) is 24.9 Å². The molecule has 1 rings (SSSR count). The van der Waals surface area contributed by atoms with Crippen LogP contribution in [0.3, 0.4) is 0 Å². The van der Waals surface area contributed by atoms with Gasteiger partial charge >= 0.3 is 6.36 Å². The van der Waals surface area contributed by atoms with E-state index in [1.54, 1.807) is 6.07 Å². The summed E-state index contributed by atoms with van der Waals surface area (Å²) in [5.41, 5.74) is 0.865. The monoisotopic (exact) mass is 236 g/mol. The van der Waals surface area contributed by atoms with Crippen molar-refractivity contribution in [2.75, 3.05) is 6.26 Å². The highest BCUT2D eigenvalue weighted by atomic mass is 32.2. The molecule has 84 valence electrons. The summed E-state index contributed by atoms with van der Waals surface area (Å²) in [5, 5.41) is 0. The van der Waals surface area contributed by atoms with Gasteiger partial charge in [0.1, 0.15) is 5.75 Å². The molecule has 0 radical (unpaired) electrons. The lowest BCUT2D eigenvalue weighted by Crippen LogP contribution is -2.17. The summed E-state index contributed by atoms with van der Waals surface area (Å²) in [4.78, 5) is 0.979. The quantitative estimate of drug-likeness (QED) is 0.737. The number of rotatable bonds is 3. The summed E-state index contributed by atoms with van der Waals surface area (Å²) >= 11 is 1.51. The average molecular weight is 236 g/mol. The molecule has 1 aromatic rings. The first kappa shape index (κ1) is 12.2. The van der Waals surface area contributed by atoms with E-state index in [-0.39, 0.29) is 5.75 Å². The van der Waals surface area contributed by atoms with E-state index < -0.39 is 6.36 Å². The summed E-state index contributed by atoms with van der Waals surface area (Å²) in [6.07, 6.45) is -2.05. The van der Waals surface area contributed by atoms with Gasteiger partial charge in [0.15, 0.2) is 0 Å². The minimum absolute atomic E-state index is 0.155. The van der Waals surface area contributed by atoms with Crippen LogP contribution in [0.25, 0.3) is 0 Å². The Morgan fingerprint density at radius 3 is 2.47 bits per heavy atom. The fraction of sp³-hybridized carbons (Fsp3) is 0.400. The van der Waals surface area contributed by atoms with E-state index in [4.69, 9.17) is 0 Å². The summed E-state index contributed by atoms with van der Waals surface area (Å²) in [6.45, 7) is 1.90. The standard InChI is InChI=1S/C10H11F3OS/c1-3-7-6-8(14-10(11,12)13)4-5-9(7)15-2/h4-6H,3H2,1-2H3. The molecular formula is C10H11F3OS. The molecule has 15 heavy (non-hydrogen) atoms. The number of hydrogen-bond acceptors (Lipinski definition) is 2. The van der Waals surface area contributed by atoms with E-state index in [1.165, 1.54) is 23.9 Å². The number of benzene rings is 1. The molecule has 0 saturated heterocycles. The van der Waals surface area contributed by atoms with Crippen LogP contribution in [0.15, 0.2) is 23.1 Å². The van der Waals surface area contributed by atoms with Crippen LogP contribution in [0.2, 0.25) is 0 Å². The van der Waals surface area contributed by atoms with Crippen LogP contribution in [0.4, 0.5) is 13.2 Å². The lowest BCUT2D eigenvalue weighted by Gasteiger charge is -2.11. The molecule has 0 saturated carbocycles. The van der Waals surface area contributed by atoms with Crippen LogP contribution in [0.1, 0.15) is 12.5 Å². The molecule has 0 heterocycles. The zero-order valence-corrected chi connectivity index (χ0v) is 9.21. The summed E-state index contributed by atoms with van der Waals surface area (Å²) < 4.78 is 39.6. The fourth-order valence-electron chi connectivity index (χ4n) is 1.23. The molecule has 0 N–H and O–H groups in total. The number of thioether (sulfide) groups is 1. The second kappa shape index (κ2) is 4.79. The van der Waals surface area contributed by atoms with Crippen LogP contribution in [-0.4, -0.2) is 12.6 Å². The van der Waals surface area contributed by atoms with Gasteiger partial charge in [-0.3, -0.25) is 0 Å². The van der Waals surface area contributed by atoms with Crippen LogP contribution >= 0.6 is 11.8 Å². The maximum absolute atomic E-state index is 11.9. The van der Waals surface area contributed by atoms with E-state index in [9.17, 15) is 13.2 Å². The van der Waals surface area contributed by atoms with Crippen LogP contribution in [0.5, 0.6) is 5.75 Å². The Kier molecular flexibility index (Phi) is 3.90. The van der Waals surface area contributed by atoms with Crippen molar-refractivity contribution in [3.8, 4) is 5.75 Å². The molecule has 1 nitrogen and oxygen atoms in total. The molecule has 0 atom stereocenters. The highest BCUT2D eigenvalue weighted by molar-refractivity contribution is 7.98. The Bertz CT molecular complexity index is 336. The highest BCUT2D eigenvalue weighted by Crippen LogP contribution is 2.28. The van der Waals surface area contributed by atoms with Gasteiger partial charge in [0, 0.05) is 4.90 Å². The fourth-order valence-corrected chi connectivity index (χ4v) is 1.90. The van der Waals surface area contributed by atoms with E-state index in [0.29, 0.717) is 6.42 Å². The number of halogens is 3. The molecule has 0 spiro atoms. The summed E-state index contributed by atoms with van der Waals surface area (Å²) in [5.74, 6) is -0.155. The third kappa shape index (κ3) is 3.66. The topological polar surface area (TPSA) is 9.23 Å². The van der Waals surface area contributed by atoms with Gasteiger partial charge in [0.2, 0.25) is 0 Å². The molecule has 0 amide bonds. The van der Waals surface area contributed by atoms with Gasteiger partial charge in [0.05, 0.1) is 0 Å². The molecule has 0 aliphatic heterocycles. The van der Waals surface area contributed by atoms with Crippen molar-refractivity contribution in [2.45, 2.75) is 24.6 Å². The number of hydrogen-bond donors (Lipinski definition) is 0. The van der Waals surface area contributed by atoms with Gasteiger partial charge in [-0.1, -0.05) is 6.92 Å². The van der Waals surface area contributed by atoms with E-state index in [2.05, 4.69) is 4.74 Å². The lowest BCUT2D eigenvalue weighted by atomic mass is 10.1. The Labute approximate surface area is 90.6 Å². The normalized spacial score (nSPS) is 11.5. The second-order valence-corrected chi connectivity index (χ2v) is 3.72. The van der Waals surface area contributed by atoms with Gasteiger partial charge in [0.25, 0.3) is 0 Å². The molecule has 0 fully saturated rings. The van der Waals surface area contributed by atoms with Crippen molar-refractivity contribution in [3.05, 3.63) is 23.8 Å². The largest absolute Gasteiger partial charge is 0.573 e. The average Bonchev–Trinajstić information content (AvgIpc) is 2.15. The van der Waals surface area contributed by atoms with Crippen molar-refractivity contribution in [3.63, 3.8) is 0 Å². The number of alkyl halides is 3. The van der Waals surface area contributed by atoms with Crippen molar-refractivity contribution in [1.29, 1.82) is 0 Å². The molecule has 5 heteroatoms. The molecule has 0 aromatic heterocycles. The number of ether oxygens (including phenoxy) is 1. The smallest absolute Gasteiger partial charge is 0.406 e. The first-order chi connectivity index (χ1) is 6.96. The third-order valence-corrected chi connectivity index (χ3v) is 2.70. The van der Waals surface area contributed by atoms with E-state index >= 15 is 0 Å². The molecule has 0 unspecified atom stereocenters. The summed E-state index contributed by atoms with van der Waals surface area (Å²) in [6, 6.07) is 4.41. The molecule has 1 aromatic carbocycles. The minimum atomic E-state index is -4.62. The van der Waals surface area contributed by atoms with E-state index in [1.807, 2.05) is 13.2 Å². The van der Waals surface area contributed by atoms with Gasteiger partial charge in [-0.25, -0.2) is 0 Å². The number of aryl methyl sites for hydroxylation is 1. The summed E-state index contributed by atoms with van der Waals surface area (Å²) in [7, 11) is 0. The molecule has 0 bridgehead atoms. The lowest BCUT2D eigenvalue weighted by molar-refractivity contribution is -0.274. The second-order valence-electron chi connectivity index (χ2n) is 2.88. The van der Waals surface area contributed by atoms with Crippen LogP contribution in [-0.2, 0) is 6.42 Å². The van der Waals surface area contributed by atoms with Crippen molar-refractivity contribution < 1.29 is 17.9 Å². The molecule has 0 aliphatic carbocycles. The van der Waals surface area contributed by atoms with Gasteiger partial charge in [-0.2, -0.15) is 0 Å². The van der Waals surface area contributed by atoms with Crippen molar-refractivity contribution in [2.24, 2.45) is 0 Å². The van der Waals surface area contributed by atoms with Crippen molar-refractivity contribution >= 4 is 11.8 Å². The molecule has 0 aliphatic rings. The maximum atomic E-state index is 11.9. The zero-order chi connectivity index (χ0) is 11.5. The van der Waals surface area contributed by atoms with Gasteiger partial charge in [-0.05, 0) is 36.4 Å².